The topological polar surface area (TPSA) is 62.1 Å². The van der Waals surface area contributed by atoms with Crippen molar-refractivity contribution in [1.82, 2.24) is 4.57 Å². The number of carbonyl (C=O) groups excluding carboxylic acids is 1. The first-order valence-electron chi connectivity index (χ1n) is 6.09. The maximum atomic E-state index is 12.4. The van der Waals surface area contributed by atoms with E-state index in [1.807, 2.05) is 6.07 Å². The molecule has 1 heterocycles. The van der Waals surface area contributed by atoms with Gasteiger partial charge in [0.1, 0.15) is 0 Å². The number of aldehydes is 1. The molecule has 0 saturated carbocycles. The van der Waals surface area contributed by atoms with Crippen molar-refractivity contribution in [3.8, 4) is 11.4 Å². The van der Waals surface area contributed by atoms with E-state index in [9.17, 15) is 14.7 Å². The van der Waals surface area contributed by atoms with Crippen molar-refractivity contribution >= 4 is 17.2 Å². The zero-order valence-electron chi connectivity index (χ0n) is 10.4. The van der Waals surface area contributed by atoms with Gasteiger partial charge < -0.3 is 5.11 Å². The molecule has 0 saturated heterocycles. The number of carbonyl (C=O) groups is 1. The molecule has 0 N–H and O–H groups in total. The van der Waals surface area contributed by atoms with Crippen LogP contribution in [0, 0.1) is 0 Å². The number of benzene rings is 2. The number of para-hydroxylation sites is 2. The second-order valence-corrected chi connectivity index (χ2v) is 4.35. The minimum Gasteiger partial charge on any atom is -0.871 e. The number of pyridine rings is 1. The summed E-state index contributed by atoms with van der Waals surface area (Å²) < 4.78 is 1.39. The Morgan fingerprint density at radius 2 is 1.60 bits per heavy atom. The molecule has 2 aromatic carbocycles. The smallest absolute Gasteiger partial charge is 0.265 e. The lowest BCUT2D eigenvalue weighted by Crippen LogP contribution is -2.24. The molecule has 0 bridgehead atoms. The zero-order valence-corrected chi connectivity index (χ0v) is 10.4. The van der Waals surface area contributed by atoms with Gasteiger partial charge in [-0.25, -0.2) is 0 Å². The van der Waals surface area contributed by atoms with Crippen molar-refractivity contribution in [2.45, 2.75) is 0 Å². The summed E-state index contributed by atoms with van der Waals surface area (Å²) in [5.41, 5.74) is 0.193. The van der Waals surface area contributed by atoms with Gasteiger partial charge in [0, 0.05) is 5.69 Å². The summed E-state index contributed by atoms with van der Waals surface area (Å²) in [6.45, 7) is 0. The van der Waals surface area contributed by atoms with E-state index in [1.165, 1.54) is 4.57 Å². The van der Waals surface area contributed by atoms with Crippen molar-refractivity contribution < 1.29 is 9.90 Å². The molecule has 0 amide bonds. The molecular weight excluding hydrogens is 254 g/mol. The molecule has 3 aromatic rings. The lowest BCUT2D eigenvalue weighted by atomic mass is 10.1. The van der Waals surface area contributed by atoms with Crippen LogP contribution in [0.5, 0.6) is 5.75 Å². The molecular formula is C16H10NO3-. The summed E-state index contributed by atoms with van der Waals surface area (Å²) in [4.78, 5) is 23.4. The van der Waals surface area contributed by atoms with Gasteiger partial charge in [-0.1, -0.05) is 42.1 Å². The highest BCUT2D eigenvalue weighted by Gasteiger charge is 2.11. The highest BCUT2D eigenvalue weighted by atomic mass is 16.3. The molecule has 0 spiro atoms. The molecule has 0 fully saturated rings. The number of hydrogen-bond donors (Lipinski definition) is 0. The van der Waals surface area contributed by atoms with Crippen molar-refractivity contribution in [2.24, 2.45) is 0 Å². The standard InChI is InChI=1S/C16H11NO3/c18-10-13-15(19)12-8-4-5-9-14(12)17(16(13)20)11-6-2-1-3-7-11/h1-10,19H/p-1. The molecule has 1 aromatic heterocycles. The van der Waals surface area contributed by atoms with Crippen molar-refractivity contribution in [3.05, 3.63) is 70.5 Å². The van der Waals surface area contributed by atoms with E-state index >= 15 is 0 Å². The van der Waals surface area contributed by atoms with Gasteiger partial charge in [-0.05, 0) is 23.6 Å². The Balaban J connectivity index is 2.54. The molecule has 0 aliphatic carbocycles. The van der Waals surface area contributed by atoms with Gasteiger partial charge in [-0.15, -0.1) is 0 Å². The predicted molar refractivity (Wildman–Crippen MR) is 74.4 cm³/mol. The van der Waals surface area contributed by atoms with Crippen LogP contribution in [-0.4, -0.2) is 10.9 Å². The van der Waals surface area contributed by atoms with Crippen LogP contribution in [0.2, 0.25) is 0 Å². The molecule has 3 rings (SSSR count). The van der Waals surface area contributed by atoms with E-state index in [-0.39, 0.29) is 5.56 Å². The van der Waals surface area contributed by atoms with E-state index in [0.717, 1.165) is 0 Å². The number of aromatic nitrogens is 1. The van der Waals surface area contributed by atoms with Gasteiger partial charge in [0.15, 0.2) is 6.29 Å². The SMILES string of the molecule is O=Cc1c([O-])c2ccccc2n(-c2ccccc2)c1=O. The summed E-state index contributed by atoms with van der Waals surface area (Å²) in [6, 6.07) is 15.7. The quantitative estimate of drug-likeness (QED) is 0.664. The largest absolute Gasteiger partial charge is 0.871 e. The summed E-state index contributed by atoms with van der Waals surface area (Å²) >= 11 is 0. The van der Waals surface area contributed by atoms with Crippen molar-refractivity contribution in [3.63, 3.8) is 0 Å². The van der Waals surface area contributed by atoms with Crippen LogP contribution in [0.3, 0.4) is 0 Å². The Morgan fingerprint density at radius 3 is 2.30 bits per heavy atom. The number of hydrogen-bond acceptors (Lipinski definition) is 3. The third-order valence-electron chi connectivity index (χ3n) is 3.20. The van der Waals surface area contributed by atoms with Crippen molar-refractivity contribution in [2.75, 3.05) is 0 Å². The molecule has 0 radical (unpaired) electrons. The average molecular weight is 264 g/mol. The number of nitrogens with zero attached hydrogens (tertiary/aromatic N) is 1. The van der Waals surface area contributed by atoms with Gasteiger partial charge in [0.25, 0.3) is 5.56 Å². The second kappa shape index (κ2) is 4.66. The minimum absolute atomic E-state index is 0.330. The van der Waals surface area contributed by atoms with E-state index in [0.29, 0.717) is 22.9 Å². The Morgan fingerprint density at radius 1 is 0.950 bits per heavy atom. The second-order valence-electron chi connectivity index (χ2n) is 4.35. The van der Waals surface area contributed by atoms with Crippen LogP contribution >= 0.6 is 0 Å². The fourth-order valence-electron chi connectivity index (χ4n) is 2.27. The van der Waals surface area contributed by atoms with Crippen LogP contribution in [0.1, 0.15) is 10.4 Å². The first-order chi connectivity index (χ1) is 9.74. The summed E-state index contributed by atoms with van der Waals surface area (Å²) in [6.07, 6.45) is 0.330. The molecule has 98 valence electrons. The maximum Gasteiger partial charge on any atom is 0.265 e. The summed E-state index contributed by atoms with van der Waals surface area (Å²) in [5, 5.41) is 12.5. The van der Waals surface area contributed by atoms with Crippen LogP contribution in [0.25, 0.3) is 16.6 Å². The monoisotopic (exact) mass is 264 g/mol. The van der Waals surface area contributed by atoms with Crippen LogP contribution in [-0.2, 0) is 0 Å². The molecule has 20 heavy (non-hydrogen) atoms. The summed E-state index contributed by atoms with van der Waals surface area (Å²) in [7, 11) is 0. The van der Waals surface area contributed by atoms with Crippen LogP contribution < -0.4 is 10.7 Å². The maximum absolute atomic E-state index is 12.4. The fourth-order valence-corrected chi connectivity index (χ4v) is 2.27. The van der Waals surface area contributed by atoms with E-state index < -0.39 is 11.3 Å². The molecule has 0 atom stereocenters. The number of rotatable bonds is 2. The molecule has 0 aliphatic rings. The van der Waals surface area contributed by atoms with Gasteiger partial charge in [0.05, 0.1) is 11.1 Å². The third-order valence-corrected chi connectivity index (χ3v) is 3.20. The zero-order chi connectivity index (χ0) is 14.1. The highest BCUT2D eigenvalue weighted by molar-refractivity contribution is 5.93. The van der Waals surface area contributed by atoms with E-state index in [4.69, 9.17) is 0 Å². The average Bonchev–Trinajstić information content (AvgIpc) is 2.49. The lowest BCUT2D eigenvalue weighted by molar-refractivity contribution is -0.266. The van der Waals surface area contributed by atoms with Crippen LogP contribution in [0.4, 0.5) is 0 Å². The third kappa shape index (κ3) is 1.70. The normalized spacial score (nSPS) is 10.6. The molecule has 4 heteroatoms. The van der Waals surface area contributed by atoms with Gasteiger partial charge in [-0.2, -0.15) is 0 Å². The highest BCUT2D eigenvalue weighted by Crippen LogP contribution is 2.24. The Labute approximate surface area is 114 Å². The van der Waals surface area contributed by atoms with E-state index in [2.05, 4.69) is 0 Å². The number of fused-ring (bicyclic) bond motifs is 1. The van der Waals surface area contributed by atoms with Crippen LogP contribution in [0.15, 0.2) is 59.4 Å². The van der Waals surface area contributed by atoms with Crippen molar-refractivity contribution in [1.29, 1.82) is 0 Å². The molecule has 0 unspecified atom stereocenters. The molecule has 0 aliphatic heterocycles. The predicted octanol–water partition coefficient (Wildman–Crippen LogP) is 1.88. The van der Waals surface area contributed by atoms with Gasteiger partial charge in [-0.3, -0.25) is 14.2 Å². The van der Waals surface area contributed by atoms with Gasteiger partial charge in [0.2, 0.25) is 0 Å². The Bertz CT molecular complexity index is 851. The fraction of sp³-hybridized carbons (Fsp3) is 0. The Hall–Kier alpha value is -2.88. The lowest BCUT2D eigenvalue weighted by Gasteiger charge is -2.18. The summed E-state index contributed by atoms with van der Waals surface area (Å²) in [5.74, 6) is -0.521. The van der Waals surface area contributed by atoms with E-state index in [1.54, 1.807) is 48.5 Å². The first-order valence-corrected chi connectivity index (χ1v) is 6.09. The Kier molecular flexibility index (Phi) is 2.84. The first kappa shape index (κ1) is 12.2. The van der Waals surface area contributed by atoms with Gasteiger partial charge >= 0.3 is 0 Å². The minimum atomic E-state index is -0.588. The molecule has 4 nitrogen and oxygen atoms in total.